The summed E-state index contributed by atoms with van der Waals surface area (Å²) in [6.07, 6.45) is -2.27. The van der Waals surface area contributed by atoms with Crippen LogP contribution in [0.2, 0.25) is 0 Å². The Morgan fingerprint density at radius 1 is 1.33 bits per heavy atom. The molecule has 0 unspecified atom stereocenters. The van der Waals surface area contributed by atoms with Crippen LogP contribution in [-0.4, -0.2) is 51.7 Å². The maximum atomic E-state index is 12.5. The Morgan fingerprint density at radius 2 is 1.92 bits per heavy atom. The molecule has 1 heterocycles. The van der Waals surface area contributed by atoms with Crippen LogP contribution in [0.15, 0.2) is 28.7 Å². The molecule has 3 atom stereocenters. The number of benzene rings is 1. The molecule has 0 aromatic heterocycles. The SMILES string of the molecule is C[C@@](NC(=O)[C@@H]1C[C@@H](O)CN1C(=O)O)(C(N)=O)c1ccc(Br)cc1. The van der Waals surface area contributed by atoms with Gasteiger partial charge in [-0.25, -0.2) is 4.79 Å². The molecule has 0 aliphatic carbocycles. The number of nitrogens with two attached hydrogens (primary N) is 1. The summed E-state index contributed by atoms with van der Waals surface area (Å²) in [4.78, 5) is 36.5. The third kappa shape index (κ3) is 3.51. The number of hydrogen-bond donors (Lipinski definition) is 4. The smallest absolute Gasteiger partial charge is 0.408 e. The van der Waals surface area contributed by atoms with E-state index < -0.39 is 35.6 Å². The summed E-state index contributed by atoms with van der Waals surface area (Å²) in [7, 11) is 0. The third-order valence-corrected chi connectivity index (χ3v) is 4.64. The van der Waals surface area contributed by atoms with Gasteiger partial charge in [0.2, 0.25) is 11.8 Å². The van der Waals surface area contributed by atoms with Crippen molar-refractivity contribution in [3.05, 3.63) is 34.3 Å². The highest BCUT2D eigenvalue weighted by atomic mass is 79.9. The topological polar surface area (TPSA) is 133 Å². The van der Waals surface area contributed by atoms with E-state index in [-0.39, 0.29) is 13.0 Å². The molecule has 1 saturated heterocycles. The van der Waals surface area contributed by atoms with Crippen molar-refractivity contribution in [2.45, 2.75) is 31.0 Å². The minimum Gasteiger partial charge on any atom is -0.465 e. The first-order chi connectivity index (χ1) is 11.1. The average Bonchev–Trinajstić information content (AvgIpc) is 2.90. The number of hydrogen-bond acceptors (Lipinski definition) is 4. The van der Waals surface area contributed by atoms with Gasteiger partial charge >= 0.3 is 6.09 Å². The van der Waals surface area contributed by atoms with Crippen LogP contribution in [0, 0.1) is 0 Å². The van der Waals surface area contributed by atoms with Gasteiger partial charge in [0.1, 0.15) is 11.6 Å². The van der Waals surface area contributed by atoms with Crippen molar-refractivity contribution in [3.63, 3.8) is 0 Å². The maximum Gasteiger partial charge on any atom is 0.408 e. The van der Waals surface area contributed by atoms with E-state index in [4.69, 9.17) is 10.8 Å². The van der Waals surface area contributed by atoms with E-state index in [0.717, 1.165) is 9.37 Å². The van der Waals surface area contributed by atoms with Crippen molar-refractivity contribution in [1.82, 2.24) is 10.2 Å². The summed E-state index contributed by atoms with van der Waals surface area (Å²) < 4.78 is 0.792. The monoisotopic (exact) mass is 399 g/mol. The number of amides is 3. The fraction of sp³-hybridized carbons (Fsp3) is 0.400. The van der Waals surface area contributed by atoms with Crippen molar-refractivity contribution in [3.8, 4) is 0 Å². The number of rotatable bonds is 4. The number of carbonyl (C=O) groups excluding carboxylic acids is 2. The lowest BCUT2D eigenvalue weighted by atomic mass is 9.90. The molecular formula is C15H18BrN3O5. The van der Waals surface area contributed by atoms with Crippen LogP contribution in [0.4, 0.5) is 4.79 Å². The highest BCUT2D eigenvalue weighted by Gasteiger charge is 2.43. The normalized spacial score (nSPS) is 22.7. The molecule has 0 spiro atoms. The predicted octanol–water partition coefficient (Wildman–Crippen LogP) is 0.379. The molecule has 1 aliphatic heterocycles. The minimum atomic E-state index is -1.50. The highest BCUT2D eigenvalue weighted by molar-refractivity contribution is 9.10. The van der Waals surface area contributed by atoms with Crippen LogP contribution < -0.4 is 11.1 Å². The van der Waals surface area contributed by atoms with Gasteiger partial charge in [-0.1, -0.05) is 28.1 Å². The fourth-order valence-corrected chi connectivity index (χ4v) is 2.93. The first-order valence-electron chi connectivity index (χ1n) is 7.20. The molecule has 1 aromatic carbocycles. The summed E-state index contributed by atoms with van der Waals surface area (Å²) in [5.74, 6) is -1.46. The number of nitrogens with zero attached hydrogens (tertiary/aromatic N) is 1. The molecule has 0 radical (unpaired) electrons. The third-order valence-electron chi connectivity index (χ3n) is 4.11. The van der Waals surface area contributed by atoms with Gasteiger partial charge in [0.15, 0.2) is 0 Å². The number of β-amino-alcohol motifs (C(OH)–C–C–N with tert-alkyl or cyclic N) is 1. The number of primary amides is 1. The van der Waals surface area contributed by atoms with Crippen molar-refractivity contribution >= 4 is 33.8 Å². The molecule has 9 heteroatoms. The summed E-state index contributed by atoms with van der Waals surface area (Å²) in [5, 5.41) is 21.3. The molecule has 3 amide bonds. The van der Waals surface area contributed by atoms with Gasteiger partial charge < -0.3 is 21.3 Å². The van der Waals surface area contributed by atoms with Gasteiger partial charge in [0.05, 0.1) is 12.6 Å². The number of carboxylic acid groups (broad SMARTS) is 1. The predicted molar refractivity (Wildman–Crippen MR) is 88.0 cm³/mol. The molecular weight excluding hydrogens is 382 g/mol. The number of aliphatic hydroxyl groups excluding tert-OH is 1. The molecule has 5 N–H and O–H groups in total. The Hall–Kier alpha value is -2.13. The lowest BCUT2D eigenvalue weighted by Crippen LogP contribution is -2.57. The lowest BCUT2D eigenvalue weighted by Gasteiger charge is -2.31. The number of nitrogens with one attached hydrogen (secondary N) is 1. The van der Waals surface area contributed by atoms with Gasteiger partial charge in [0, 0.05) is 10.9 Å². The Balaban J connectivity index is 2.27. The van der Waals surface area contributed by atoms with Crippen LogP contribution in [-0.2, 0) is 15.1 Å². The fourth-order valence-electron chi connectivity index (χ4n) is 2.66. The van der Waals surface area contributed by atoms with Gasteiger partial charge in [-0.2, -0.15) is 0 Å². The number of carbonyl (C=O) groups is 3. The van der Waals surface area contributed by atoms with E-state index in [9.17, 15) is 19.5 Å². The second-order valence-electron chi connectivity index (χ2n) is 5.83. The first-order valence-corrected chi connectivity index (χ1v) is 8.00. The largest absolute Gasteiger partial charge is 0.465 e. The maximum absolute atomic E-state index is 12.5. The van der Waals surface area contributed by atoms with E-state index >= 15 is 0 Å². The second kappa shape index (κ2) is 6.78. The zero-order valence-electron chi connectivity index (χ0n) is 12.9. The van der Waals surface area contributed by atoms with E-state index in [2.05, 4.69) is 21.2 Å². The summed E-state index contributed by atoms with van der Waals surface area (Å²) in [5.41, 5.74) is 4.43. The Kier molecular flexibility index (Phi) is 5.14. The van der Waals surface area contributed by atoms with Gasteiger partial charge in [0.25, 0.3) is 0 Å². The zero-order valence-corrected chi connectivity index (χ0v) is 14.5. The second-order valence-corrected chi connectivity index (χ2v) is 6.74. The van der Waals surface area contributed by atoms with Gasteiger partial charge in [-0.3, -0.25) is 14.5 Å². The molecule has 24 heavy (non-hydrogen) atoms. The molecule has 1 aliphatic rings. The molecule has 130 valence electrons. The Bertz CT molecular complexity index is 666. The molecule has 1 aromatic rings. The standard InChI is InChI=1S/C15H18BrN3O5/c1-15(13(17)22,8-2-4-9(16)5-3-8)18-12(21)11-6-10(20)7-19(11)14(23)24/h2-5,10-11,20H,6-7H2,1H3,(H2,17,22)(H,18,21)(H,23,24)/t10-,11+,15+/m1/s1. The van der Waals surface area contributed by atoms with Crippen LogP contribution >= 0.6 is 15.9 Å². The molecule has 2 rings (SSSR count). The van der Waals surface area contributed by atoms with E-state index in [0.29, 0.717) is 5.56 Å². The zero-order chi connectivity index (χ0) is 18.1. The van der Waals surface area contributed by atoms with Crippen molar-refractivity contribution in [2.24, 2.45) is 5.73 Å². The van der Waals surface area contributed by atoms with E-state index in [1.807, 2.05) is 0 Å². The van der Waals surface area contributed by atoms with Crippen LogP contribution in [0.3, 0.4) is 0 Å². The van der Waals surface area contributed by atoms with Crippen molar-refractivity contribution in [1.29, 1.82) is 0 Å². The molecule has 0 saturated carbocycles. The minimum absolute atomic E-state index is 0.0344. The Morgan fingerprint density at radius 3 is 2.42 bits per heavy atom. The first kappa shape index (κ1) is 18.2. The summed E-state index contributed by atoms with van der Waals surface area (Å²) in [6.45, 7) is 1.30. The highest BCUT2D eigenvalue weighted by Crippen LogP contribution is 2.25. The summed E-state index contributed by atoms with van der Waals surface area (Å²) in [6, 6.07) is 5.59. The van der Waals surface area contributed by atoms with Crippen molar-refractivity contribution < 1.29 is 24.6 Å². The Labute approximate surface area is 146 Å². The van der Waals surface area contributed by atoms with Gasteiger partial charge in [-0.15, -0.1) is 0 Å². The van der Waals surface area contributed by atoms with Crippen LogP contribution in [0.25, 0.3) is 0 Å². The van der Waals surface area contributed by atoms with Gasteiger partial charge in [-0.05, 0) is 24.6 Å². The van der Waals surface area contributed by atoms with Crippen LogP contribution in [0.5, 0.6) is 0 Å². The molecule has 8 nitrogen and oxygen atoms in total. The molecule has 1 fully saturated rings. The quantitative estimate of drug-likeness (QED) is 0.580. The van der Waals surface area contributed by atoms with Crippen molar-refractivity contribution in [2.75, 3.05) is 6.54 Å². The number of likely N-dealkylation sites (tertiary alicyclic amines) is 1. The molecule has 0 bridgehead atoms. The lowest BCUT2D eigenvalue weighted by molar-refractivity contribution is -0.133. The summed E-state index contributed by atoms with van der Waals surface area (Å²) >= 11 is 3.28. The average molecular weight is 400 g/mol. The van der Waals surface area contributed by atoms with E-state index in [1.165, 1.54) is 6.92 Å². The number of aliphatic hydroxyl groups is 1. The number of halogens is 1. The van der Waals surface area contributed by atoms with E-state index in [1.54, 1.807) is 24.3 Å². The van der Waals surface area contributed by atoms with Crippen LogP contribution in [0.1, 0.15) is 18.9 Å².